The van der Waals surface area contributed by atoms with Crippen molar-refractivity contribution in [3.8, 4) is 11.5 Å². The average Bonchev–Trinajstić information content (AvgIpc) is 3.29. The van der Waals surface area contributed by atoms with E-state index in [4.69, 9.17) is 14.5 Å². The van der Waals surface area contributed by atoms with Crippen LogP contribution in [-0.4, -0.2) is 28.0 Å². The minimum absolute atomic E-state index is 0.0265. The molecule has 41 heavy (non-hydrogen) atoms. The highest BCUT2D eigenvalue weighted by Crippen LogP contribution is 2.36. The number of amidine groups is 1. The molecule has 4 aromatic rings. The first-order valence-electron chi connectivity index (χ1n) is 12.9. The van der Waals surface area contributed by atoms with Crippen molar-refractivity contribution >= 4 is 34.6 Å². The van der Waals surface area contributed by atoms with Gasteiger partial charge in [0.1, 0.15) is 6.61 Å². The summed E-state index contributed by atoms with van der Waals surface area (Å²) in [4.78, 5) is 31.1. The van der Waals surface area contributed by atoms with Crippen LogP contribution >= 0.6 is 11.8 Å². The Bertz CT molecular complexity index is 1590. The lowest BCUT2D eigenvalue weighted by atomic mass is 10.1. The van der Waals surface area contributed by atoms with Gasteiger partial charge in [-0.1, -0.05) is 66.7 Å². The SMILES string of the molecule is COc1cc(/C=C2\SC(=NCc3ccccc3)N(Cc3ccccc3)C2=O)ccc1OCc1ccc([N+](=O)[O-])cc1. The number of methoxy groups -OCH3 is 1. The Labute approximate surface area is 242 Å². The van der Waals surface area contributed by atoms with E-state index in [2.05, 4.69) is 0 Å². The molecule has 0 bridgehead atoms. The van der Waals surface area contributed by atoms with E-state index in [9.17, 15) is 14.9 Å². The Morgan fingerprint density at radius 3 is 2.22 bits per heavy atom. The zero-order valence-electron chi connectivity index (χ0n) is 22.3. The molecule has 1 amide bonds. The first kappa shape index (κ1) is 27.7. The van der Waals surface area contributed by atoms with E-state index in [0.717, 1.165) is 22.3 Å². The normalized spacial score (nSPS) is 15.0. The molecule has 1 heterocycles. The number of nitrogens with zero attached hydrogens (tertiary/aromatic N) is 3. The van der Waals surface area contributed by atoms with Crippen LogP contribution in [0.5, 0.6) is 11.5 Å². The standard InChI is InChI=1S/C32H27N3O5S/c1-39-29-18-26(14-17-28(29)40-22-25-12-15-27(16-13-25)35(37)38)19-30-31(36)34(21-24-10-6-3-7-11-24)32(41-30)33-20-23-8-4-2-5-9-23/h2-19H,20-22H2,1H3/b30-19-,33-32?. The van der Waals surface area contributed by atoms with Gasteiger partial charge in [-0.2, -0.15) is 0 Å². The molecule has 1 aliphatic rings. The van der Waals surface area contributed by atoms with Crippen molar-refractivity contribution in [3.05, 3.63) is 140 Å². The fourth-order valence-electron chi connectivity index (χ4n) is 4.19. The molecule has 4 aromatic carbocycles. The molecule has 9 heteroatoms. The molecule has 0 unspecified atom stereocenters. The third-order valence-corrected chi connectivity index (χ3v) is 7.38. The van der Waals surface area contributed by atoms with Crippen LogP contribution in [0.3, 0.4) is 0 Å². The number of benzene rings is 4. The second-order valence-electron chi connectivity index (χ2n) is 9.19. The van der Waals surface area contributed by atoms with Gasteiger partial charge in [0.05, 0.1) is 30.0 Å². The van der Waals surface area contributed by atoms with Crippen LogP contribution in [0, 0.1) is 10.1 Å². The molecular formula is C32H27N3O5S. The van der Waals surface area contributed by atoms with E-state index in [1.807, 2.05) is 78.9 Å². The van der Waals surface area contributed by atoms with Crippen LogP contribution in [0.2, 0.25) is 0 Å². The maximum absolute atomic E-state index is 13.5. The van der Waals surface area contributed by atoms with Crippen molar-refractivity contribution in [1.29, 1.82) is 0 Å². The Balaban J connectivity index is 1.35. The number of thioether (sulfide) groups is 1. The molecule has 0 radical (unpaired) electrons. The molecular weight excluding hydrogens is 538 g/mol. The lowest BCUT2D eigenvalue weighted by Gasteiger charge is -2.15. The molecule has 0 N–H and O–H groups in total. The third kappa shape index (κ3) is 7.01. The van der Waals surface area contributed by atoms with Gasteiger partial charge in [-0.3, -0.25) is 24.8 Å². The van der Waals surface area contributed by atoms with Gasteiger partial charge in [-0.15, -0.1) is 0 Å². The largest absolute Gasteiger partial charge is 0.493 e. The Morgan fingerprint density at radius 1 is 0.878 bits per heavy atom. The van der Waals surface area contributed by atoms with Crippen LogP contribution in [-0.2, 0) is 24.5 Å². The summed E-state index contributed by atoms with van der Waals surface area (Å²) in [5.74, 6) is 0.924. The number of nitro groups is 1. The number of hydrogen-bond acceptors (Lipinski definition) is 7. The summed E-state index contributed by atoms with van der Waals surface area (Å²) in [7, 11) is 1.55. The number of non-ortho nitro benzene ring substituents is 1. The predicted octanol–water partition coefficient (Wildman–Crippen LogP) is 6.86. The Kier molecular flexibility index (Phi) is 8.76. The van der Waals surface area contributed by atoms with E-state index in [-0.39, 0.29) is 18.2 Å². The maximum Gasteiger partial charge on any atom is 0.269 e. The van der Waals surface area contributed by atoms with Gasteiger partial charge in [0, 0.05) is 12.1 Å². The molecule has 0 saturated carbocycles. The molecule has 0 aliphatic carbocycles. The number of carbonyl (C=O) groups is 1. The number of carbonyl (C=O) groups excluding carboxylic acids is 1. The molecule has 0 spiro atoms. The van der Waals surface area contributed by atoms with E-state index in [1.165, 1.54) is 23.9 Å². The number of rotatable bonds is 10. The number of nitro benzene ring substituents is 1. The van der Waals surface area contributed by atoms with Gasteiger partial charge in [-0.05, 0) is 64.4 Å². The first-order valence-corrected chi connectivity index (χ1v) is 13.7. The molecule has 5 rings (SSSR count). The van der Waals surface area contributed by atoms with Crippen LogP contribution in [0.4, 0.5) is 5.69 Å². The molecule has 8 nitrogen and oxygen atoms in total. The summed E-state index contributed by atoms with van der Waals surface area (Å²) in [5.41, 5.74) is 3.69. The van der Waals surface area contributed by atoms with Gasteiger partial charge in [0.2, 0.25) is 0 Å². The minimum Gasteiger partial charge on any atom is -0.493 e. The summed E-state index contributed by atoms with van der Waals surface area (Å²) in [6.07, 6.45) is 1.83. The minimum atomic E-state index is -0.437. The average molecular weight is 566 g/mol. The quantitative estimate of drug-likeness (QED) is 0.119. The summed E-state index contributed by atoms with van der Waals surface area (Å²) in [6, 6.07) is 31.5. The van der Waals surface area contributed by atoms with E-state index < -0.39 is 4.92 Å². The summed E-state index contributed by atoms with van der Waals surface area (Å²) in [5, 5.41) is 11.5. The third-order valence-electron chi connectivity index (χ3n) is 6.34. The molecule has 1 fully saturated rings. The van der Waals surface area contributed by atoms with Gasteiger partial charge in [0.15, 0.2) is 16.7 Å². The van der Waals surface area contributed by atoms with Crippen molar-refractivity contribution in [2.75, 3.05) is 7.11 Å². The maximum atomic E-state index is 13.5. The highest BCUT2D eigenvalue weighted by Gasteiger charge is 2.33. The van der Waals surface area contributed by atoms with Crippen molar-refractivity contribution in [1.82, 2.24) is 4.90 Å². The van der Waals surface area contributed by atoms with Crippen molar-refractivity contribution in [3.63, 3.8) is 0 Å². The molecule has 0 aromatic heterocycles. The van der Waals surface area contributed by atoms with Gasteiger partial charge < -0.3 is 9.47 Å². The zero-order valence-corrected chi connectivity index (χ0v) is 23.1. The van der Waals surface area contributed by atoms with Crippen LogP contribution in [0.1, 0.15) is 22.3 Å². The number of aliphatic imine (C=N–C) groups is 1. The second kappa shape index (κ2) is 13.0. The van der Waals surface area contributed by atoms with Crippen LogP contribution in [0.25, 0.3) is 6.08 Å². The smallest absolute Gasteiger partial charge is 0.269 e. The van der Waals surface area contributed by atoms with Gasteiger partial charge in [-0.25, -0.2) is 0 Å². The van der Waals surface area contributed by atoms with Crippen molar-refractivity contribution in [2.24, 2.45) is 4.99 Å². The van der Waals surface area contributed by atoms with Crippen molar-refractivity contribution < 1.29 is 19.2 Å². The molecule has 1 aliphatic heterocycles. The van der Waals surface area contributed by atoms with E-state index >= 15 is 0 Å². The summed E-state index contributed by atoms with van der Waals surface area (Å²) < 4.78 is 11.5. The van der Waals surface area contributed by atoms with Crippen LogP contribution in [0.15, 0.2) is 113 Å². The Hall–Kier alpha value is -4.89. The molecule has 1 saturated heterocycles. The lowest BCUT2D eigenvalue weighted by molar-refractivity contribution is -0.384. The summed E-state index contributed by atoms with van der Waals surface area (Å²) in [6.45, 7) is 1.12. The lowest BCUT2D eigenvalue weighted by Crippen LogP contribution is -2.28. The molecule has 0 atom stereocenters. The first-order chi connectivity index (χ1) is 20.0. The Morgan fingerprint density at radius 2 is 1.56 bits per heavy atom. The van der Waals surface area contributed by atoms with Gasteiger partial charge >= 0.3 is 0 Å². The fourth-order valence-corrected chi connectivity index (χ4v) is 5.17. The van der Waals surface area contributed by atoms with Crippen molar-refractivity contribution in [2.45, 2.75) is 19.7 Å². The highest BCUT2D eigenvalue weighted by atomic mass is 32.2. The molecule has 206 valence electrons. The van der Waals surface area contributed by atoms with Gasteiger partial charge in [0.25, 0.3) is 11.6 Å². The number of amides is 1. The fraction of sp³-hybridized carbons (Fsp3) is 0.125. The van der Waals surface area contributed by atoms with Crippen LogP contribution < -0.4 is 9.47 Å². The topological polar surface area (TPSA) is 94.3 Å². The second-order valence-corrected chi connectivity index (χ2v) is 10.2. The monoisotopic (exact) mass is 565 g/mol. The zero-order chi connectivity index (χ0) is 28.6. The summed E-state index contributed by atoms with van der Waals surface area (Å²) >= 11 is 1.36. The number of ether oxygens (including phenoxy) is 2. The van der Waals surface area contributed by atoms with E-state index in [0.29, 0.717) is 34.7 Å². The predicted molar refractivity (Wildman–Crippen MR) is 161 cm³/mol. The highest BCUT2D eigenvalue weighted by molar-refractivity contribution is 8.18. The number of hydrogen-bond donors (Lipinski definition) is 0. The van der Waals surface area contributed by atoms with E-state index in [1.54, 1.807) is 30.2 Å².